The molecule has 0 aliphatic carbocycles. The lowest BCUT2D eigenvalue weighted by atomic mass is 10.1. The van der Waals surface area contributed by atoms with E-state index >= 15 is 0 Å². The molecule has 1 unspecified atom stereocenters. The zero-order valence-corrected chi connectivity index (χ0v) is 29.9. The van der Waals surface area contributed by atoms with Gasteiger partial charge in [0.1, 0.15) is 11.6 Å². The van der Waals surface area contributed by atoms with Crippen molar-refractivity contribution in [2.24, 2.45) is 5.92 Å². The van der Waals surface area contributed by atoms with Crippen LogP contribution in [0.25, 0.3) is 0 Å². The van der Waals surface area contributed by atoms with E-state index in [1.165, 1.54) is 56.4 Å². The minimum absolute atomic E-state index is 0.0720. The van der Waals surface area contributed by atoms with Crippen molar-refractivity contribution >= 4 is 11.6 Å². The van der Waals surface area contributed by atoms with Gasteiger partial charge in [-0.1, -0.05) is 129 Å². The van der Waals surface area contributed by atoms with Crippen LogP contribution in [0.3, 0.4) is 0 Å². The average molecular weight is 655 g/mol. The van der Waals surface area contributed by atoms with Gasteiger partial charge in [0.2, 0.25) is 0 Å². The summed E-state index contributed by atoms with van der Waals surface area (Å²) in [5.74, 6) is 1.18. The van der Waals surface area contributed by atoms with Crippen LogP contribution in [0.4, 0.5) is 10.1 Å². The highest BCUT2D eigenvalue weighted by Crippen LogP contribution is 2.34. The molecule has 262 valence electrons. The fourth-order valence-electron chi connectivity index (χ4n) is 4.08. The SMILES string of the molecule is C=C/C=C(\C(=C)OCCC1Oc2ccccc2N(CCCCC)C1=O)[N+](=O)[O-].CCCC.CCCCC(C)C.Cc1ccc(F)cc1. The topological polar surface area (TPSA) is 81.9 Å². The molecule has 0 N–H and O–H groups in total. The molecule has 0 spiro atoms. The monoisotopic (exact) mass is 654 g/mol. The van der Waals surface area contributed by atoms with Gasteiger partial charge in [-0.2, -0.15) is 0 Å². The van der Waals surface area contributed by atoms with Gasteiger partial charge in [0.05, 0.1) is 17.2 Å². The maximum absolute atomic E-state index is 12.9. The van der Waals surface area contributed by atoms with Gasteiger partial charge in [-0.3, -0.25) is 14.9 Å². The number of ether oxygens (including phenoxy) is 2. The number of anilines is 1. The van der Waals surface area contributed by atoms with Crippen LogP contribution in [0.1, 0.15) is 105 Å². The van der Waals surface area contributed by atoms with Gasteiger partial charge < -0.3 is 14.4 Å². The van der Waals surface area contributed by atoms with E-state index in [2.05, 4.69) is 54.7 Å². The van der Waals surface area contributed by atoms with Crippen molar-refractivity contribution in [3.8, 4) is 5.75 Å². The van der Waals surface area contributed by atoms with Crippen molar-refractivity contribution in [2.45, 2.75) is 112 Å². The van der Waals surface area contributed by atoms with Crippen molar-refractivity contribution in [3.05, 3.63) is 107 Å². The van der Waals surface area contributed by atoms with E-state index in [-0.39, 0.29) is 36.2 Å². The number of halogens is 1. The fraction of sp³-hybridized carbons (Fsp3) is 0.513. The van der Waals surface area contributed by atoms with Crippen LogP contribution in [0, 0.1) is 28.8 Å². The van der Waals surface area contributed by atoms with Crippen LogP contribution in [0.15, 0.2) is 85.3 Å². The van der Waals surface area contributed by atoms with Crippen LogP contribution in [-0.2, 0) is 9.53 Å². The second kappa shape index (κ2) is 26.2. The van der Waals surface area contributed by atoms with Crippen LogP contribution < -0.4 is 9.64 Å². The predicted molar refractivity (Wildman–Crippen MR) is 194 cm³/mol. The van der Waals surface area contributed by atoms with Gasteiger partial charge >= 0.3 is 5.70 Å². The number of aryl methyl sites for hydroxylation is 1. The molecule has 1 aliphatic rings. The molecule has 1 aliphatic heterocycles. The summed E-state index contributed by atoms with van der Waals surface area (Å²) < 4.78 is 23.3. The lowest BCUT2D eigenvalue weighted by Gasteiger charge is -2.34. The van der Waals surface area contributed by atoms with Crippen molar-refractivity contribution in [1.82, 2.24) is 0 Å². The molecule has 8 heteroatoms. The molecule has 0 radical (unpaired) electrons. The van der Waals surface area contributed by atoms with Crippen molar-refractivity contribution in [1.29, 1.82) is 0 Å². The zero-order valence-electron chi connectivity index (χ0n) is 29.9. The second-order valence-electron chi connectivity index (χ2n) is 11.7. The molecule has 0 saturated heterocycles. The van der Waals surface area contributed by atoms with Crippen molar-refractivity contribution < 1.29 is 23.6 Å². The maximum Gasteiger partial charge on any atom is 0.310 e. The highest BCUT2D eigenvalue weighted by Gasteiger charge is 2.34. The molecule has 3 rings (SSSR count). The van der Waals surface area contributed by atoms with Gasteiger partial charge in [-0.15, -0.1) is 0 Å². The molecule has 0 fully saturated rings. The Hall–Kier alpha value is -3.94. The molecule has 0 aromatic heterocycles. The number of fused-ring (bicyclic) bond motifs is 1. The zero-order chi connectivity index (χ0) is 35.6. The standard InChI is InChI=1S/C21H26N2O5.C7H7F.C7H16.C4H10/c1-4-6-9-14-22-18-11-7-8-12-19(18)28-20(21(22)24)13-15-27-16(3)17(10-5-2)23(25)26;1-6-2-4-7(8)5-3-6;1-4-5-6-7(2)3;1-3-4-2/h5,7-8,10-12,20H,2-4,6,9,13-15H2,1H3;2-5H,1H3;7H,4-6H2,1-3H3;3-4H2,1-2H3/b17-10+;;;. The van der Waals surface area contributed by atoms with Gasteiger partial charge in [-0.25, -0.2) is 4.39 Å². The minimum Gasteiger partial charge on any atom is -0.487 e. The quantitative estimate of drug-likeness (QED) is 0.0627. The molecule has 1 amide bonds. The molecule has 47 heavy (non-hydrogen) atoms. The number of hydrogen-bond acceptors (Lipinski definition) is 5. The molecule has 1 atom stereocenters. The normalized spacial score (nSPS) is 13.4. The lowest BCUT2D eigenvalue weighted by molar-refractivity contribution is -0.424. The first-order chi connectivity index (χ1) is 22.5. The summed E-state index contributed by atoms with van der Waals surface area (Å²) in [6, 6.07) is 13.8. The number of allylic oxidation sites excluding steroid dienone is 2. The van der Waals surface area contributed by atoms with Crippen molar-refractivity contribution in [3.63, 3.8) is 0 Å². The number of nitrogens with zero attached hydrogens (tertiary/aromatic N) is 2. The number of benzene rings is 2. The predicted octanol–water partition coefficient (Wildman–Crippen LogP) is 11.0. The number of para-hydroxylation sites is 2. The number of hydrogen-bond donors (Lipinski definition) is 0. The van der Waals surface area contributed by atoms with E-state index in [1.54, 1.807) is 17.0 Å². The highest BCUT2D eigenvalue weighted by atomic mass is 19.1. The van der Waals surface area contributed by atoms with E-state index < -0.39 is 11.0 Å². The third kappa shape index (κ3) is 18.7. The summed E-state index contributed by atoms with van der Waals surface area (Å²) >= 11 is 0. The van der Waals surface area contributed by atoms with Crippen LogP contribution in [0.5, 0.6) is 5.75 Å². The Balaban J connectivity index is 0.000000898. The Kier molecular flexibility index (Phi) is 24.0. The summed E-state index contributed by atoms with van der Waals surface area (Å²) in [5, 5.41) is 11.0. The Morgan fingerprint density at radius 1 is 1.02 bits per heavy atom. The summed E-state index contributed by atoms with van der Waals surface area (Å²) in [5.41, 5.74) is 1.60. The summed E-state index contributed by atoms with van der Waals surface area (Å²) in [4.78, 5) is 25.1. The first kappa shape index (κ1) is 43.1. The largest absolute Gasteiger partial charge is 0.487 e. The van der Waals surface area contributed by atoms with Crippen LogP contribution in [-0.4, -0.2) is 30.1 Å². The summed E-state index contributed by atoms with van der Waals surface area (Å²) in [6.45, 7) is 22.9. The number of nitro groups is 1. The summed E-state index contributed by atoms with van der Waals surface area (Å²) in [6.07, 6.45) is 11.9. The third-order valence-corrected chi connectivity index (χ3v) is 7.01. The summed E-state index contributed by atoms with van der Waals surface area (Å²) in [7, 11) is 0. The number of rotatable bonds is 15. The number of carbonyl (C=O) groups excluding carboxylic acids is 1. The average Bonchev–Trinajstić information content (AvgIpc) is 3.06. The maximum atomic E-state index is 12.9. The number of carbonyl (C=O) groups is 1. The molecule has 2 aromatic rings. The van der Waals surface area contributed by atoms with Gasteiger partial charge in [0.15, 0.2) is 11.9 Å². The van der Waals surface area contributed by atoms with Crippen LogP contribution in [0.2, 0.25) is 0 Å². The molecule has 7 nitrogen and oxygen atoms in total. The van der Waals surface area contributed by atoms with Crippen LogP contribution >= 0.6 is 0 Å². The second-order valence-corrected chi connectivity index (χ2v) is 11.7. The molecule has 0 bridgehead atoms. The first-order valence-electron chi connectivity index (χ1n) is 17.0. The Labute approximate surface area is 283 Å². The van der Waals surface area contributed by atoms with Gasteiger partial charge in [0.25, 0.3) is 5.91 Å². The minimum atomic E-state index is -0.702. The Morgan fingerprint density at radius 2 is 1.64 bits per heavy atom. The first-order valence-corrected chi connectivity index (χ1v) is 17.0. The van der Waals surface area contributed by atoms with E-state index in [0.717, 1.165) is 36.4 Å². The molecule has 1 heterocycles. The smallest absolute Gasteiger partial charge is 0.310 e. The van der Waals surface area contributed by atoms with Gasteiger partial charge in [0, 0.05) is 19.0 Å². The number of amides is 1. The molecular weight excluding hydrogens is 595 g/mol. The van der Waals surface area contributed by atoms with E-state index in [1.807, 2.05) is 31.2 Å². The highest BCUT2D eigenvalue weighted by molar-refractivity contribution is 6.00. The fourth-order valence-corrected chi connectivity index (χ4v) is 4.08. The Morgan fingerprint density at radius 3 is 2.13 bits per heavy atom. The van der Waals surface area contributed by atoms with E-state index in [9.17, 15) is 19.3 Å². The van der Waals surface area contributed by atoms with Gasteiger partial charge in [-0.05, 0) is 50.1 Å². The molecule has 2 aromatic carbocycles. The lowest BCUT2D eigenvalue weighted by Crippen LogP contribution is -2.46. The van der Waals surface area contributed by atoms with Crippen molar-refractivity contribution in [2.75, 3.05) is 18.1 Å². The third-order valence-electron chi connectivity index (χ3n) is 7.01. The molecule has 0 saturated carbocycles. The van der Waals surface area contributed by atoms with E-state index in [0.29, 0.717) is 12.3 Å². The molecular formula is C39H59FN2O5. The van der Waals surface area contributed by atoms with E-state index in [4.69, 9.17) is 9.47 Å². The number of unbranched alkanes of at least 4 members (excludes halogenated alkanes) is 4. The Bertz CT molecular complexity index is 1190.